The molecule has 1 spiro atoms. The standard InChI is InChI=1S/C28H31N3O6/c1-3-13-30-14-12-27-24-18-6-9-21(32)25(24)37-26(27)20(10-11-28(27,34)22(30)16-18)29(2)23(33)15-17-4-7-19(8-5-17)31(35)36/h3-9,20,22,26,32,34H,1,10-16H2,2H3/t20-,22+,26-,27-,28+/m0/s1. The second-order valence-electron chi connectivity index (χ2n) is 10.8. The van der Waals surface area contributed by atoms with Gasteiger partial charge in [0.1, 0.15) is 6.10 Å². The Bertz CT molecular complexity index is 1300. The minimum absolute atomic E-state index is 0.0161. The summed E-state index contributed by atoms with van der Waals surface area (Å²) in [5.41, 5.74) is 0.900. The van der Waals surface area contributed by atoms with Crippen LogP contribution in [0.4, 0.5) is 5.69 Å². The van der Waals surface area contributed by atoms with E-state index in [0.29, 0.717) is 43.5 Å². The first kappa shape index (κ1) is 23.9. The third-order valence-corrected chi connectivity index (χ3v) is 9.30. The number of amides is 1. The van der Waals surface area contributed by atoms with Gasteiger partial charge in [-0.1, -0.05) is 24.3 Å². The number of hydrogen-bond acceptors (Lipinski definition) is 7. The summed E-state index contributed by atoms with van der Waals surface area (Å²) in [4.78, 5) is 27.9. The van der Waals surface area contributed by atoms with Crippen molar-refractivity contribution in [1.82, 2.24) is 9.80 Å². The van der Waals surface area contributed by atoms with E-state index in [9.17, 15) is 25.1 Å². The second kappa shape index (κ2) is 8.29. The molecule has 0 radical (unpaired) electrons. The largest absolute Gasteiger partial charge is 0.504 e. The van der Waals surface area contributed by atoms with Gasteiger partial charge in [0, 0.05) is 37.3 Å². The molecule has 9 heteroatoms. The molecule has 9 nitrogen and oxygen atoms in total. The molecule has 4 aliphatic rings. The van der Waals surface area contributed by atoms with E-state index in [-0.39, 0.29) is 35.8 Å². The number of aromatic hydroxyl groups is 1. The molecule has 6 rings (SSSR count). The summed E-state index contributed by atoms with van der Waals surface area (Å²) >= 11 is 0. The van der Waals surface area contributed by atoms with Crippen molar-refractivity contribution in [3.63, 3.8) is 0 Å². The summed E-state index contributed by atoms with van der Waals surface area (Å²) in [7, 11) is 1.76. The smallest absolute Gasteiger partial charge is 0.269 e. The Hall–Kier alpha value is -3.43. The highest BCUT2D eigenvalue weighted by Crippen LogP contribution is 2.65. The van der Waals surface area contributed by atoms with Crippen molar-refractivity contribution in [2.75, 3.05) is 20.1 Å². The van der Waals surface area contributed by atoms with Gasteiger partial charge in [0.2, 0.25) is 5.91 Å². The van der Waals surface area contributed by atoms with Crippen molar-refractivity contribution in [3.8, 4) is 11.5 Å². The Morgan fingerprint density at radius 3 is 2.76 bits per heavy atom. The number of ether oxygens (including phenoxy) is 1. The second-order valence-corrected chi connectivity index (χ2v) is 10.8. The minimum atomic E-state index is -1.05. The lowest BCUT2D eigenvalue weighted by atomic mass is 9.48. The molecule has 1 saturated carbocycles. The summed E-state index contributed by atoms with van der Waals surface area (Å²) in [6.45, 7) is 5.36. The van der Waals surface area contributed by atoms with Crippen molar-refractivity contribution < 1.29 is 24.7 Å². The number of nitro benzene ring substituents is 1. The number of piperidine rings is 1. The SMILES string of the molecule is C=CCN1CC[C@]23c4c5ccc(O)c4O[C@H]2[C@@H](N(C)C(=O)Cc2ccc([N+](=O)[O-])cc2)CC[C@@]3(O)[C@H]1C5. The Kier molecular flexibility index (Phi) is 5.36. The number of phenolic OH excluding ortho intramolecular Hbond substituents is 1. The first-order valence-corrected chi connectivity index (χ1v) is 12.8. The molecule has 2 aromatic carbocycles. The number of rotatable bonds is 6. The predicted molar refractivity (Wildman–Crippen MR) is 136 cm³/mol. The molecule has 1 saturated heterocycles. The van der Waals surface area contributed by atoms with E-state index >= 15 is 0 Å². The molecular weight excluding hydrogens is 474 g/mol. The summed E-state index contributed by atoms with van der Waals surface area (Å²) < 4.78 is 6.53. The lowest BCUT2D eigenvalue weighted by molar-refractivity contribution is -0.384. The number of non-ortho nitro benzene ring substituents is 1. The minimum Gasteiger partial charge on any atom is -0.504 e. The number of nitro groups is 1. The van der Waals surface area contributed by atoms with Crippen molar-refractivity contribution in [1.29, 1.82) is 0 Å². The third kappa shape index (κ3) is 3.20. The Morgan fingerprint density at radius 2 is 2.05 bits per heavy atom. The molecule has 0 unspecified atom stereocenters. The van der Waals surface area contributed by atoms with Gasteiger partial charge in [-0.2, -0.15) is 0 Å². The van der Waals surface area contributed by atoms with Gasteiger partial charge in [0.05, 0.1) is 28.4 Å². The molecule has 1 amide bonds. The van der Waals surface area contributed by atoms with E-state index < -0.39 is 22.0 Å². The number of carbonyl (C=O) groups excluding carboxylic acids is 1. The molecule has 2 heterocycles. The van der Waals surface area contributed by atoms with E-state index in [1.165, 1.54) is 12.1 Å². The highest BCUT2D eigenvalue weighted by Gasteiger charge is 2.73. The highest BCUT2D eigenvalue weighted by molar-refractivity contribution is 5.79. The number of phenols is 1. The van der Waals surface area contributed by atoms with Crippen LogP contribution in [0.1, 0.15) is 36.0 Å². The molecule has 37 heavy (non-hydrogen) atoms. The van der Waals surface area contributed by atoms with Crippen molar-refractivity contribution >= 4 is 11.6 Å². The topological polar surface area (TPSA) is 116 Å². The molecule has 0 aromatic heterocycles. The maximum atomic E-state index is 13.4. The van der Waals surface area contributed by atoms with E-state index in [4.69, 9.17) is 4.74 Å². The maximum absolute atomic E-state index is 13.4. The van der Waals surface area contributed by atoms with Gasteiger partial charge in [-0.15, -0.1) is 6.58 Å². The van der Waals surface area contributed by atoms with E-state index in [2.05, 4.69) is 11.5 Å². The zero-order valence-corrected chi connectivity index (χ0v) is 20.8. The fraction of sp³-hybridized carbons (Fsp3) is 0.464. The van der Waals surface area contributed by atoms with Crippen LogP contribution in [0.5, 0.6) is 11.5 Å². The van der Waals surface area contributed by atoms with Crippen LogP contribution in [-0.2, 0) is 23.1 Å². The van der Waals surface area contributed by atoms with Crippen LogP contribution in [0.3, 0.4) is 0 Å². The summed E-state index contributed by atoms with van der Waals surface area (Å²) in [5.74, 6) is 0.385. The number of nitrogens with zero attached hydrogens (tertiary/aromatic N) is 3. The van der Waals surface area contributed by atoms with Crippen molar-refractivity contribution in [2.24, 2.45) is 0 Å². The zero-order chi connectivity index (χ0) is 26.1. The number of hydrogen-bond donors (Lipinski definition) is 2. The number of benzene rings is 2. The van der Waals surface area contributed by atoms with E-state index in [0.717, 1.165) is 17.7 Å². The van der Waals surface area contributed by atoms with Crippen LogP contribution in [0.15, 0.2) is 49.1 Å². The van der Waals surface area contributed by atoms with Gasteiger partial charge in [0.15, 0.2) is 11.5 Å². The normalized spacial score (nSPS) is 31.2. The van der Waals surface area contributed by atoms with Gasteiger partial charge in [-0.25, -0.2) is 0 Å². The third-order valence-electron chi connectivity index (χ3n) is 9.30. The lowest BCUT2D eigenvalue weighted by Gasteiger charge is -2.64. The van der Waals surface area contributed by atoms with Gasteiger partial charge in [-0.3, -0.25) is 19.8 Å². The van der Waals surface area contributed by atoms with Gasteiger partial charge >= 0.3 is 0 Å². The molecule has 2 aliphatic heterocycles. The highest BCUT2D eigenvalue weighted by atomic mass is 16.6. The van der Waals surface area contributed by atoms with Crippen LogP contribution in [0, 0.1) is 10.1 Å². The lowest BCUT2D eigenvalue weighted by Crippen LogP contribution is -2.78. The Balaban J connectivity index is 1.35. The summed E-state index contributed by atoms with van der Waals surface area (Å²) in [6.07, 6.45) is 3.89. The monoisotopic (exact) mass is 505 g/mol. The number of carbonyl (C=O) groups is 1. The molecule has 194 valence electrons. The predicted octanol–water partition coefficient (Wildman–Crippen LogP) is 2.71. The fourth-order valence-electron chi connectivity index (χ4n) is 7.61. The zero-order valence-electron chi connectivity index (χ0n) is 20.8. The number of likely N-dealkylation sites (tertiary alicyclic amines) is 1. The average Bonchev–Trinajstić information content (AvgIpc) is 3.23. The quantitative estimate of drug-likeness (QED) is 0.352. The number of aliphatic hydroxyl groups is 1. The Labute approximate surface area is 215 Å². The van der Waals surface area contributed by atoms with Gasteiger partial charge in [0.25, 0.3) is 5.69 Å². The van der Waals surface area contributed by atoms with Crippen LogP contribution < -0.4 is 4.74 Å². The molecular formula is C28H31N3O6. The molecule has 2 bridgehead atoms. The summed E-state index contributed by atoms with van der Waals surface area (Å²) in [5, 5.41) is 34.2. The van der Waals surface area contributed by atoms with Crippen LogP contribution in [0.25, 0.3) is 0 Å². The van der Waals surface area contributed by atoms with Crippen molar-refractivity contribution in [2.45, 2.75) is 61.3 Å². The molecule has 2 aliphatic carbocycles. The van der Waals surface area contributed by atoms with E-state index in [1.54, 1.807) is 30.1 Å². The van der Waals surface area contributed by atoms with Gasteiger partial charge in [-0.05, 0) is 49.4 Å². The van der Waals surface area contributed by atoms with Crippen LogP contribution >= 0.6 is 0 Å². The molecule has 2 N–H and O–H groups in total. The fourth-order valence-corrected chi connectivity index (χ4v) is 7.61. The Morgan fingerprint density at radius 1 is 1.30 bits per heavy atom. The molecule has 2 fully saturated rings. The first-order valence-electron chi connectivity index (χ1n) is 12.8. The van der Waals surface area contributed by atoms with Gasteiger partial charge < -0.3 is 19.8 Å². The molecule has 5 atom stereocenters. The average molecular weight is 506 g/mol. The first-order chi connectivity index (χ1) is 17.7. The molecule has 2 aromatic rings. The van der Waals surface area contributed by atoms with Crippen molar-refractivity contribution in [3.05, 3.63) is 75.9 Å². The van der Waals surface area contributed by atoms with E-state index in [1.807, 2.05) is 12.1 Å². The van der Waals surface area contributed by atoms with Crippen LogP contribution in [-0.4, -0.2) is 74.8 Å². The maximum Gasteiger partial charge on any atom is 0.269 e. The summed E-state index contributed by atoms with van der Waals surface area (Å²) in [6, 6.07) is 9.23. The van der Waals surface area contributed by atoms with Crippen LogP contribution in [0.2, 0.25) is 0 Å². The number of likely N-dealkylation sites (N-methyl/N-ethyl adjacent to an activating group) is 1.